The van der Waals surface area contributed by atoms with Crippen molar-refractivity contribution in [3.05, 3.63) is 146 Å². The smallest absolute Gasteiger partial charge is 0.276 e. The third kappa shape index (κ3) is 17.7. The number of aliphatic hydroxyl groups is 6. The maximum Gasteiger partial charge on any atom is 0.276 e. The van der Waals surface area contributed by atoms with Gasteiger partial charge in [-0.05, 0) is 68.7 Å². The lowest BCUT2D eigenvalue weighted by Crippen LogP contribution is -2.32. The number of nitrogen functional groups attached to an aromatic ring is 6. The highest BCUT2D eigenvalue weighted by Gasteiger charge is 2.57. The van der Waals surface area contributed by atoms with Crippen LogP contribution in [0.3, 0.4) is 0 Å². The molecule has 18 heterocycles. The van der Waals surface area contributed by atoms with E-state index in [0.29, 0.717) is 101 Å². The number of aliphatic hydroxyl groups excluding tert-OH is 6. The molecule has 12 aromatic rings. The summed E-state index contributed by atoms with van der Waals surface area (Å²) in [5, 5.41) is 81.1. The number of alkyl halides is 5. The van der Waals surface area contributed by atoms with Crippen LogP contribution in [0.15, 0.2) is 72.8 Å². The van der Waals surface area contributed by atoms with E-state index in [4.69, 9.17) is 88.5 Å². The van der Waals surface area contributed by atoms with Crippen molar-refractivity contribution in [2.75, 3.05) is 74.0 Å². The van der Waals surface area contributed by atoms with Crippen LogP contribution in [0, 0.1) is 108 Å². The highest BCUT2D eigenvalue weighted by Crippen LogP contribution is 2.55. The molecule has 6 fully saturated rings. The fourth-order valence-corrected chi connectivity index (χ4v) is 18.5. The highest BCUT2D eigenvalue weighted by atomic mass is 28.3. The van der Waals surface area contributed by atoms with E-state index in [2.05, 4.69) is 136 Å². The van der Waals surface area contributed by atoms with Crippen LogP contribution in [0.2, 0.25) is 19.6 Å². The second-order valence-corrected chi connectivity index (χ2v) is 41.4. The fraction of sp³-hybridized carbons (Fsp3) is 0.495. The summed E-state index contributed by atoms with van der Waals surface area (Å²) >= 11 is 0. The minimum absolute atomic E-state index is 0.0104. The lowest BCUT2D eigenvalue weighted by atomic mass is 9.75. The van der Waals surface area contributed by atoms with Crippen LogP contribution in [-0.4, -0.2) is 232 Å². The summed E-state index contributed by atoms with van der Waals surface area (Å²) in [6.07, 6.45) is 17.1. The lowest BCUT2D eigenvalue weighted by Gasteiger charge is -2.28. The molecule has 0 amide bonds. The highest BCUT2D eigenvalue weighted by molar-refractivity contribution is 6.83. The van der Waals surface area contributed by atoms with Crippen molar-refractivity contribution < 1.29 is 81.0 Å². The topological polar surface area (TPSA) is 534 Å². The summed E-state index contributed by atoms with van der Waals surface area (Å²) in [6, 6.07) is 10.3. The predicted molar refractivity (Wildman–Crippen MR) is 489 cm³/mol. The number of ether oxygens (including phenoxy) is 6. The number of aromatic nitrogens is 18. The molecular formula is C91H111F5N24O13Si. The zero-order chi connectivity index (χ0) is 97.9. The average Bonchev–Trinajstić information content (AvgIpc) is 1.59. The number of fused-ring (bicyclic) bond motifs is 6. The zero-order valence-corrected chi connectivity index (χ0v) is 77.4. The van der Waals surface area contributed by atoms with Crippen LogP contribution < -0.4 is 40.0 Å². The Hall–Kier alpha value is -12.5. The molecule has 6 aliphatic rings. The number of rotatable bonds is 12. The molecular weight excluding hydrogens is 1760 g/mol. The molecule has 0 radical (unpaired) electrons. The largest absolute Gasteiger partial charge is 0.394 e. The van der Waals surface area contributed by atoms with E-state index in [0.717, 1.165) is 5.69 Å². The van der Waals surface area contributed by atoms with Crippen LogP contribution in [-0.2, 0) is 28.4 Å². The third-order valence-electron chi connectivity index (χ3n) is 26.5. The summed E-state index contributed by atoms with van der Waals surface area (Å²) in [4.78, 5) is 34.2. The number of nitrogens with two attached hydrogens (primary N) is 6. The molecule has 0 spiro atoms. The number of H-pyrrole nitrogens is 1. The number of hydrogen-bond donors (Lipinski definition) is 13. The number of nitrogens with one attached hydrogen (secondary N) is 1. The first-order chi connectivity index (χ1) is 63.3. The van der Waals surface area contributed by atoms with E-state index in [1.807, 2.05) is 6.07 Å². The number of nitrogens with zero attached hydrogens (tertiary/aromatic N) is 17. The molecule has 22 atom stereocenters. The van der Waals surface area contributed by atoms with Gasteiger partial charge in [0.2, 0.25) is 5.95 Å². The van der Waals surface area contributed by atoms with Gasteiger partial charge < -0.3 is 93.5 Å². The van der Waals surface area contributed by atoms with Crippen LogP contribution >= 0.6 is 0 Å². The van der Waals surface area contributed by atoms with Gasteiger partial charge in [0.1, 0.15) is 145 Å². The Balaban J connectivity index is 0.000000137. The predicted octanol–water partition coefficient (Wildman–Crippen LogP) is 6.92. The molecule has 0 saturated carbocycles. The van der Waals surface area contributed by atoms with Crippen molar-refractivity contribution in [3.8, 4) is 60.8 Å². The summed E-state index contributed by atoms with van der Waals surface area (Å²) in [5.74, 6) is 13.0. The monoisotopic (exact) mass is 1870 g/mol. The van der Waals surface area contributed by atoms with Crippen molar-refractivity contribution in [2.24, 2.45) is 40.4 Å². The van der Waals surface area contributed by atoms with E-state index in [1.165, 1.54) is 63.5 Å². The third-order valence-corrected chi connectivity index (χ3v) is 27.4. The molecule has 0 aromatic carbocycles. The maximum atomic E-state index is 15.5. The van der Waals surface area contributed by atoms with E-state index >= 15 is 8.78 Å². The Bertz CT molecular complexity index is 6380. The van der Waals surface area contributed by atoms with E-state index < -0.39 is 128 Å². The van der Waals surface area contributed by atoms with Crippen molar-refractivity contribution in [3.63, 3.8) is 0 Å². The summed E-state index contributed by atoms with van der Waals surface area (Å²) in [5.41, 5.74) is 43.4. The van der Waals surface area contributed by atoms with Gasteiger partial charge in [-0.3, -0.25) is 9.78 Å². The Morgan fingerprint density at radius 2 is 0.716 bits per heavy atom. The van der Waals surface area contributed by atoms with Gasteiger partial charge in [-0.25, -0.2) is 74.0 Å². The molecule has 0 bridgehead atoms. The molecule has 43 heteroatoms. The van der Waals surface area contributed by atoms with Crippen molar-refractivity contribution >= 4 is 76.2 Å². The molecule has 0 unspecified atom stereocenters. The molecule has 18 rings (SSSR count). The normalized spacial score (nSPS) is 28.8. The average molecular weight is 1870 g/mol. The molecule has 12 aromatic heterocycles. The van der Waals surface area contributed by atoms with Gasteiger partial charge in [0.25, 0.3) is 5.56 Å². The Morgan fingerprint density at radius 1 is 0.418 bits per heavy atom. The number of aromatic amines is 1. The summed E-state index contributed by atoms with van der Waals surface area (Å²) < 4.78 is 118. The quantitative estimate of drug-likeness (QED) is 0.0335. The van der Waals surface area contributed by atoms with Crippen LogP contribution in [0.25, 0.3) is 33.1 Å². The van der Waals surface area contributed by atoms with Gasteiger partial charge in [0.15, 0.2) is 29.1 Å². The minimum Gasteiger partial charge on any atom is -0.394 e. The van der Waals surface area contributed by atoms with Crippen molar-refractivity contribution in [2.45, 2.75) is 206 Å². The molecule has 37 nitrogen and oxygen atoms in total. The van der Waals surface area contributed by atoms with Crippen LogP contribution in [0.4, 0.5) is 57.0 Å². The second kappa shape index (κ2) is 38.5. The van der Waals surface area contributed by atoms with Gasteiger partial charge in [0.05, 0.1) is 132 Å². The Morgan fingerprint density at radius 3 is 1.04 bits per heavy atom. The van der Waals surface area contributed by atoms with E-state index in [-0.39, 0.29) is 98.0 Å². The molecule has 0 aliphatic carbocycles. The van der Waals surface area contributed by atoms with Crippen LogP contribution in [0.1, 0.15) is 180 Å². The molecule has 19 N–H and O–H groups in total. The van der Waals surface area contributed by atoms with Crippen LogP contribution in [0.5, 0.6) is 0 Å². The lowest BCUT2D eigenvalue weighted by molar-refractivity contribution is -0.0200. The van der Waals surface area contributed by atoms with Gasteiger partial charge in [-0.1, -0.05) is 112 Å². The van der Waals surface area contributed by atoms with Gasteiger partial charge in [0, 0.05) is 34.5 Å². The molecule has 6 aliphatic heterocycles. The standard InChI is InChI=1S/C18H25FN4O2Si.C16H20N4O2.2C15H17FN4O2.C14H15FN4O2.C13H17FN4O3/c1-11-14(9-24)25-16(18(11,2)19)13-8-12(6-7-26(3,4)5)15-17(20)21-10-22-23(13)15;1-5-10-6-11(20-13(10)15(17)18-8-19-20)14-16(3,4)9(2)12(7-21)22-14;1-4-8-5-9(20-11(8)14(17)18-7-19-20)13-15(2,3)12(16)10(6-21)22-13;1-4-9-5-10(20-12(9)14(17)18-7-19-20)13-15(3,16)8(2)11(6-21)22-13;1-3-8-4-9(19-12(8)14(16)17-6-18-19)13-11(15)7(2)10(5-20)21-13;1-5-3-7(11-9(14)6(2)8(4-19)21-11)18-10(5)12(20)16-13(15)17-18/h8,10-11,14,16,24H,9H2,1-5H3,(H2,20,21,22);1,6,8-9,12,14,21H,7H2,2-4H3,(H2,17,18,19);1,5,7,10,12-13,21H,6H2,2-3H3,(H2,17,18,19);1,5,7-8,11,13,21H,6H2,2-3H3,(H2,17,18,19);1,4,6-7,10-11,13,20H,5H2,2H3,(H2,16,17,18);3,6,8-9,11,19H,4H2,1-2H3,(H3,15,16,17,20)/t11-,14-,16+,18-;9-,12-,14+;10-,12-,13+;8-,11-,13+,15-;7-,10-,11-,13+;6-,8-,9-,11+/m111111/s1. The number of aryl methyl sites for hydroxylation is 1. The van der Waals surface area contributed by atoms with Crippen molar-refractivity contribution in [1.82, 2.24) is 87.6 Å². The Labute approximate surface area is 768 Å². The fourth-order valence-electron chi connectivity index (χ4n) is 18.0. The summed E-state index contributed by atoms with van der Waals surface area (Å²) in [7, 11) is -1.61. The first-order valence-electron chi connectivity index (χ1n) is 43.1. The first-order valence-corrected chi connectivity index (χ1v) is 46.6. The van der Waals surface area contributed by atoms with Crippen molar-refractivity contribution in [1.29, 1.82) is 0 Å². The SMILES string of the molecule is C#Cc1cc([C@@H]2O[C@H](CO)[C@@H](C)C2(C)C)n2ncnc(N)c12.C#Cc1cc([C@@H]2O[C@H](CO)[C@@H](C)[C@@]2(C)F)n2ncnc(N)c12.C#Cc1cc([C@@H]2O[C@H](CO)[C@@H](C)[C@H]2F)n2ncnc(N)c12.C#Cc1cc([C@@H]2O[C@H](CO)[C@@H](F)C2(C)C)n2ncnc(N)c12.C[C@@H]1[C@@H](CO)O[C@@H](c2cc(C#C[Si](C)(C)C)c3c(N)ncnn23)[C@]1(C)F.Cc1cc([C@@H]2O[C@H](CO)[C@@H](C)[C@H]2F)n2nc(N)[nH]c(=O)c12. The second-order valence-electron chi connectivity index (χ2n) is 36.7. The summed E-state index contributed by atoms with van der Waals surface area (Å²) in [6.45, 7) is 26.4. The van der Waals surface area contributed by atoms with Gasteiger partial charge >= 0.3 is 0 Å². The maximum absolute atomic E-state index is 15.5. The number of terminal acetylenes is 4. The minimum atomic E-state index is -1.67. The number of anilines is 6. The number of halogens is 5. The Kier molecular flexibility index (Phi) is 28.4. The van der Waals surface area contributed by atoms with Gasteiger partial charge in [-0.15, -0.1) is 36.3 Å². The molecule has 6 saturated heterocycles. The molecule has 134 heavy (non-hydrogen) atoms. The zero-order valence-electron chi connectivity index (χ0n) is 76.4. The van der Waals surface area contributed by atoms with E-state index in [9.17, 15) is 48.6 Å². The molecule has 712 valence electrons. The van der Waals surface area contributed by atoms with E-state index in [1.54, 1.807) is 87.8 Å². The number of hydrogen-bond acceptors (Lipinski definition) is 30. The first kappa shape index (κ1) is 99.0. The van der Waals surface area contributed by atoms with Gasteiger partial charge in [-0.2, -0.15) is 25.5 Å².